The fraction of sp³-hybridized carbons (Fsp3) is 0.421. The standard InChI is InChI=1S/C19H24N2O2/c1-20(13-10-18-9-2-5-14-23-18)19(22)16-7-6-8-17(15-16)21-11-3-4-12-21/h3-4,6-8,11-12,15,18H,2,5,9-10,13-14H2,1H3. The monoisotopic (exact) mass is 312 g/mol. The molecule has 2 aromatic rings. The summed E-state index contributed by atoms with van der Waals surface area (Å²) in [4.78, 5) is 14.4. The van der Waals surface area contributed by atoms with Crippen molar-refractivity contribution >= 4 is 5.91 Å². The van der Waals surface area contributed by atoms with E-state index in [2.05, 4.69) is 0 Å². The summed E-state index contributed by atoms with van der Waals surface area (Å²) in [6.45, 7) is 1.60. The highest BCUT2D eigenvalue weighted by Gasteiger charge is 2.17. The van der Waals surface area contributed by atoms with Crippen LogP contribution in [0.25, 0.3) is 5.69 Å². The number of hydrogen-bond acceptors (Lipinski definition) is 2. The Morgan fingerprint density at radius 3 is 2.83 bits per heavy atom. The Bertz CT molecular complexity index is 631. The Balaban J connectivity index is 1.61. The van der Waals surface area contributed by atoms with Crippen LogP contribution >= 0.6 is 0 Å². The van der Waals surface area contributed by atoms with E-state index in [1.165, 1.54) is 6.42 Å². The summed E-state index contributed by atoms with van der Waals surface area (Å²) in [7, 11) is 1.87. The Morgan fingerprint density at radius 1 is 1.26 bits per heavy atom. The number of nitrogens with zero attached hydrogens (tertiary/aromatic N) is 2. The van der Waals surface area contributed by atoms with Crippen molar-refractivity contribution in [1.82, 2.24) is 9.47 Å². The van der Waals surface area contributed by atoms with E-state index in [9.17, 15) is 4.79 Å². The SMILES string of the molecule is CN(CCC1CCCCO1)C(=O)c1cccc(-n2cccc2)c1. The van der Waals surface area contributed by atoms with Crippen LogP contribution in [0.3, 0.4) is 0 Å². The molecule has 1 amide bonds. The second kappa shape index (κ2) is 7.47. The van der Waals surface area contributed by atoms with Gasteiger partial charge in [0.2, 0.25) is 0 Å². The average molecular weight is 312 g/mol. The molecule has 1 aromatic carbocycles. The molecule has 4 heteroatoms. The van der Waals surface area contributed by atoms with Gasteiger partial charge in [-0.3, -0.25) is 4.79 Å². The van der Waals surface area contributed by atoms with Crippen molar-refractivity contribution in [2.45, 2.75) is 31.8 Å². The number of carbonyl (C=O) groups excluding carboxylic acids is 1. The predicted molar refractivity (Wildman–Crippen MR) is 90.9 cm³/mol. The van der Waals surface area contributed by atoms with Crippen LogP contribution in [-0.2, 0) is 4.74 Å². The molecule has 0 N–H and O–H groups in total. The van der Waals surface area contributed by atoms with Gasteiger partial charge in [-0.1, -0.05) is 6.07 Å². The molecule has 23 heavy (non-hydrogen) atoms. The number of amides is 1. The third-order valence-corrected chi connectivity index (χ3v) is 4.40. The van der Waals surface area contributed by atoms with Crippen molar-refractivity contribution in [2.75, 3.05) is 20.2 Å². The van der Waals surface area contributed by atoms with E-state index in [0.717, 1.165) is 43.7 Å². The molecule has 0 saturated carbocycles. The highest BCUT2D eigenvalue weighted by molar-refractivity contribution is 5.94. The smallest absolute Gasteiger partial charge is 0.253 e. The zero-order valence-electron chi connectivity index (χ0n) is 13.6. The minimum atomic E-state index is 0.0646. The van der Waals surface area contributed by atoms with Crippen molar-refractivity contribution < 1.29 is 9.53 Å². The van der Waals surface area contributed by atoms with Gasteiger partial charge in [0, 0.05) is 43.8 Å². The summed E-state index contributed by atoms with van der Waals surface area (Å²) < 4.78 is 7.75. The van der Waals surface area contributed by atoms with E-state index in [1.807, 2.05) is 60.4 Å². The normalized spacial score (nSPS) is 17.9. The van der Waals surface area contributed by atoms with Crippen LogP contribution in [0.15, 0.2) is 48.8 Å². The number of carbonyl (C=O) groups is 1. The van der Waals surface area contributed by atoms with Gasteiger partial charge in [-0.05, 0) is 56.0 Å². The first-order chi connectivity index (χ1) is 11.2. The summed E-state index contributed by atoms with van der Waals surface area (Å²) in [6.07, 6.45) is 8.70. The Labute approximate surface area is 137 Å². The van der Waals surface area contributed by atoms with Crippen LogP contribution in [-0.4, -0.2) is 41.7 Å². The van der Waals surface area contributed by atoms with Crippen LogP contribution in [0.5, 0.6) is 0 Å². The molecular formula is C19H24N2O2. The second-order valence-corrected chi connectivity index (χ2v) is 6.14. The quantitative estimate of drug-likeness (QED) is 0.847. The summed E-state index contributed by atoms with van der Waals surface area (Å²) >= 11 is 0. The molecule has 3 rings (SSSR count). The van der Waals surface area contributed by atoms with Gasteiger partial charge >= 0.3 is 0 Å². The number of ether oxygens (including phenoxy) is 1. The minimum Gasteiger partial charge on any atom is -0.378 e. The average Bonchev–Trinajstić information content (AvgIpc) is 3.15. The fourth-order valence-electron chi connectivity index (χ4n) is 3.00. The summed E-state index contributed by atoms with van der Waals surface area (Å²) in [5, 5.41) is 0. The maximum absolute atomic E-state index is 12.6. The van der Waals surface area contributed by atoms with Crippen molar-refractivity contribution in [3.63, 3.8) is 0 Å². The molecule has 1 aromatic heterocycles. The maximum atomic E-state index is 12.6. The van der Waals surface area contributed by atoms with Gasteiger partial charge in [-0.25, -0.2) is 0 Å². The van der Waals surface area contributed by atoms with E-state index >= 15 is 0 Å². The predicted octanol–water partition coefficient (Wildman–Crippen LogP) is 3.51. The molecule has 1 saturated heterocycles. The zero-order valence-corrected chi connectivity index (χ0v) is 13.6. The zero-order chi connectivity index (χ0) is 16.1. The molecule has 1 aliphatic heterocycles. The van der Waals surface area contributed by atoms with Gasteiger partial charge in [-0.2, -0.15) is 0 Å². The molecule has 2 heterocycles. The third kappa shape index (κ3) is 4.02. The number of rotatable bonds is 5. The number of aromatic nitrogens is 1. The molecule has 0 spiro atoms. The van der Waals surface area contributed by atoms with E-state index in [1.54, 1.807) is 4.90 Å². The Kier molecular flexibility index (Phi) is 5.13. The highest BCUT2D eigenvalue weighted by Crippen LogP contribution is 2.17. The van der Waals surface area contributed by atoms with Crippen molar-refractivity contribution in [3.05, 3.63) is 54.4 Å². The van der Waals surface area contributed by atoms with Crippen LogP contribution in [0, 0.1) is 0 Å². The molecule has 1 fully saturated rings. The Hall–Kier alpha value is -2.07. The van der Waals surface area contributed by atoms with Gasteiger partial charge in [0.1, 0.15) is 0 Å². The topological polar surface area (TPSA) is 34.5 Å². The van der Waals surface area contributed by atoms with Crippen LogP contribution in [0.1, 0.15) is 36.0 Å². The van der Waals surface area contributed by atoms with E-state index in [0.29, 0.717) is 6.10 Å². The first kappa shape index (κ1) is 15.8. The number of hydrogen-bond donors (Lipinski definition) is 0. The minimum absolute atomic E-state index is 0.0646. The number of benzene rings is 1. The van der Waals surface area contributed by atoms with Crippen LogP contribution < -0.4 is 0 Å². The second-order valence-electron chi connectivity index (χ2n) is 6.14. The lowest BCUT2D eigenvalue weighted by molar-refractivity contribution is 0.00709. The van der Waals surface area contributed by atoms with Gasteiger partial charge in [-0.15, -0.1) is 0 Å². The first-order valence-electron chi connectivity index (χ1n) is 8.34. The Morgan fingerprint density at radius 2 is 2.09 bits per heavy atom. The lowest BCUT2D eigenvalue weighted by atomic mass is 10.1. The maximum Gasteiger partial charge on any atom is 0.253 e. The molecule has 1 unspecified atom stereocenters. The van der Waals surface area contributed by atoms with Gasteiger partial charge < -0.3 is 14.2 Å². The summed E-state index contributed by atoms with van der Waals surface area (Å²) in [5.74, 6) is 0.0646. The van der Waals surface area contributed by atoms with E-state index in [-0.39, 0.29) is 5.91 Å². The van der Waals surface area contributed by atoms with Gasteiger partial charge in [0.05, 0.1) is 6.10 Å². The van der Waals surface area contributed by atoms with Crippen molar-refractivity contribution in [2.24, 2.45) is 0 Å². The summed E-state index contributed by atoms with van der Waals surface area (Å²) in [5.41, 5.74) is 1.73. The molecular weight excluding hydrogens is 288 g/mol. The highest BCUT2D eigenvalue weighted by atomic mass is 16.5. The molecule has 1 atom stereocenters. The van der Waals surface area contributed by atoms with Gasteiger partial charge in [0.25, 0.3) is 5.91 Å². The molecule has 122 valence electrons. The molecule has 0 bridgehead atoms. The molecule has 4 nitrogen and oxygen atoms in total. The molecule has 1 aliphatic rings. The lowest BCUT2D eigenvalue weighted by Crippen LogP contribution is -2.31. The largest absolute Gasteiger partial charge is 0.378 e. The summed E-state index contributed by atoms with van der Waals surface area (Å²) in [6, 6.07) is 11.7. The molecule has 0 aliphatic carbocycles. The van der Waals surface area contributed by atoms with Crippen LogP contribution in [0.2, 0.25) is 0 Å². The van der Waals surface area contributed by atoms with Crippen molar-refractivity contribution in [1.29, 1.82) is 0 Å². The third-order valence-electron chi connectivity index (χ3n) is 4.40. The first-order valence-corrected chi connectivity index (χ1v) is 8.34. The van der Waals surface area contributed by atoms with Gasteiger partial charge in [0.15, 0.2) is 0 Å². The van der Waals surface area contributed by atoms with Crippen LogP contribution in [0.4, 0.5) is 0 Å². The molecule has 0 radical (unpaired) electrons. The van der Waals surface area contributed by atoms with E-state index < -0.39 is 0 Å². The fourth-order valence-corrected chi connectivity index (χ4v) is 3.00. The van der Waals surface area contributed by atoms with E-state index in [4.69, 9.17) is 4.74 Å². The lowest BCUT2D eigenvalue weighted by Gasteiger charge is -2.25. The van der Waals surface area contributed by atoms with Crippen molar-refractivity contribution in [3.8, 4) is 5.69 Å².